The zero-order valence-corrected chi connectivity index (χ0v) is 15.3. The predicted molar refractivity (Wildman–Crippen MR) is 94.3 cm³/mol. The summed E-state index contributed by atoms with van der Waals surface area (Å²) >= 11 is 2.01. The molecule has 0 amide bonds. The molecule has 0 unspecified atom stereocenters. The van der Waals surface area contributed by atoms with E-state index in [9.17, 15) is 0 Å². The molecule has 0 bridgehead atoms. The van der Waals surface area contributed by atoms with Crippen molar-refractivity contribution in [1.82, 2.24) is 0 Å². The highest BCUT2D eigenvalue weighted by Crippen LogP contribution is 2.46. The number of thioether (sulfide) groups is 1. The molecule has 0 aromatic heterocycles. The minimum absolute atomic E-state index is 0.386. The normalized spacial score (nSPS) is 17.1. The minimum atomic E-state index is -1.29. The first-order valence-corrected chi connectivity index (χ1v) is 12.2. The molecule has 0 saturated heterocycles. The number of benzene rings is 1. The van der Waals surface area contributed by atoms with Crippen LogP contribution in [0.25, 0.3) is 0 Å². The van der Waals surface area contributed by atoms with E-state index in [1.165, 1.54) is 35.5 Å². The summed E-state index contributed by atoms with van der Waals surface area (Å²) in [5.41, 5.74) is 6.64. The Balaban J connectivity index is 2.45. The number of hydrogen-bond acceptors (Lipinski definition) is 1. The first-order chi connectivity index (χ1) is 9.40. The first kappa shape index (κ1) is 15.7. The van der Waals surface area contributed by atoms with Crippen molar-refractivity contribution in [2.24, 2.45) is 0 Å². The van der Waals surface area contributed by atoms with Gasteiger partial charge in [0.15, 0.2) is 0 Å². The summed E-state index contributed by atoms with van der Waals surface area (Å²) in [5, 5.41) is 0. The standard InChI is InChI=1S/C18H26SSi/c1-6-18(7-2)11-12-19-17-9-8-15(14-16(17)18)10-13-20(3,4)5/h8-9,14H,6-7,11-12H2,1-5H3. The molecule has 1 aliphatic rings. The average Bonchev–Trinajstić information content (AvgIpc) is 2.43. The van der Waals surface area contributed by atoms with Crippen molar-refractivity contribution >= 4 is 19.8 Å². The van der Waals surface area contributed by atoms with E-state index in [1.807, 2.05) is 11.8 Å². The Kier molecular flexibility index (Phi) is 4.72. The van der Waals surface area contributed by atoms with Gasteiger partial charge in [0.25, 0.3) is 0 Å². The van der Waals surface area contributed by atoms with E-state index in [0.29, 0.717) is 5.41 Å². The van der Waals surface area contributed by atoms with E-state index in [-0.39, 0.29) is 0 Å². The van der Waals surface area contributed by atoms with Crippen molar-refractivity contribution in [3.63, 3.8) is 0 Å². The molecule has 108 valence electrons. The van der Waals surface area contributed by atoms with Gasteiger partial charge in [-0.3, -0.25) is 0 Å². The highest BCUT2D eigenvalue weighted by molar-refractivity contribution is 7.99. The van der Waals surface area contributed by atoms with Crippen molar-refractivity contribution in [2.45, 2.75) is 63.1 Å². The Morgan fingerprint density at radius 1 is 1.20 bits per heavy atom. The first-order valence-electron chi connectivity index (χ1n) is 7.71. The highest BCUT2D eigenvalue weighted by atomic mass is 32.2. The van der Waals surface area contributed by atoms with Gasteiger partial charge in [-0.15, -0.1) is 17.3 Å². The summed E-state index contributed by atoms with van der Waals surface area (Å²) < 4.78 is 0. The maximum atomic E-state index is 3.49. The molecule has 1 aliphatic heterocycles. The number of fused-ring (bicyclic) bond motifs is 1. The maximum absolute atomic E-state index is 3.49. The van der Waals surface area contributed by atoms with Crippen LogP contribution < -0.4 is 0 Å². The Labute approximate surface area is 129 Å². The summed E-state index contributed by atoms with van der Waals surface area (Å²) in [6.07, 6.45) is 3.78. The lowest BCUT2D eigenvalue weighted by Crippen LogP contribution is -2.29. The Morgan fingerprint density at radius 2 is 1.90 bits per heavy atom. The summed E-state index contributed by atoms with van der Waals surface area (Å²) in [6.45, 7) is 11.6. The van der Waals surface area contributed by atoms with Gasteiger partial charge < -0.3 is 0 Å². The van der Waals surface area contributed by atoms with E-state index in [1.54, 1.807) is 5.56 Å². The molecule has 0 spiro atoms. The molecule has 2 rings (SSSR count). The van der Waals surface area contributed by atoms with Gasteiger partial charge >= 0.3 is 0 Å². The van der Waals surface area contributed by atoms with E-state index >= 15 is 0 Å². The lowest BCUT2D eigenvalue weighted by Gasteiger charge is -2.37. The molecule has 0 N–H and O–H groups in total. The summed E-state index contributed by atoms with van der Waals surface area (Å²) in [4.78, 5) is 1.48. The Morgan fingerprint density at radius 3 is 2.50 bits per heavy atom. The van der Waals surface area contributed by atoms with Crippen LogP contribution in [0.2, 0.25) is 19.6 Å². The lowest BCUT2D eigenvalue weighted by molar-refractivity contribution is 0.373. The van der Waals surface area contributed by atoms with Crippen LogP contribution in [0.5, 0.6) is 0 Å². The summed E-state index contributed by atoms with van der Waals surface area (Å²) in [5.74, 6) is 4.68. The largest absolute Gasteiger partial charge is 0.129 e. The monoisotopic (exact) mass is 302 g/mol. The van der Waals surface area contributed by atoms with E-state index < -0.39 is 8.07 Å². The summed E-state index contributed by atoms with van der Waals surface area (Å²) in [6, 6.07) is 6.88. The number of hydrogen-bond donors (Lipinski definition) is 0. The van der Waals surface area contributed by atoms with Gasteiger partial charge in [-0.2, -0.15) is 0 Å². The molecule has 0 atom stereocenters. The highest BCUT2D eigenvalue weighted by Gasteiger charge is 2.33. The molecule has 20 heavy (non-hydrogen) atoms. The topological polar surface area (TPSA) is 0 Å². The molecular formula is C18H26SSi. The predicted octanol–water partition coefficient (Wildman–Crippen LogP) is 5.47. The average molecular weight is 303 g/mol. The second-order valence-corrected chi connectivity index (χ2v) is 12.7. The molecule has 1 aromatic carbocycles. The fourth-order valence-corrected chi connectivity index (χ4v) is 4.71. The van der Waals surface area contributed by atoms with Gasteiger partial charge in [0.05, 0.1) is 0 Å². The van der Waals surface area contributed by atoms with Crippen molar-refractivity contribution in [1.29, 1.82) is 0 Å². The Hall–Kier alpha value is -0.653. The SMILES string of the molecule is CCC1(CC)CCSc2ccc(C#C[Si](C)(C)C)cc21. The van der Waals surface area contributed by atoms with Crippen molar-refractivity contribution in [3.05, 3.63) is 29.3 Å². The van der Waals surface area contributed by atoms with E-state index in [4.69, 9.17) is 0 Å². The van der Waals surface area contributed by atoms with Gasteiger partial charge in [-0.1, -0.05) is 39.4 Å². The third-order valence-electron chi connectivity index (χ3n) is 4.32. The van der Waals surface area contributed by atoms with Crippen LogP contribution >= 0.6 is 11.8 Å². The van der Waals surface area contributed by atoms with Gasteiger partial charge in [0.1, 0.15) is 8.07 Å². The van der Waals surface area contributed by atoms with Crippen LogP contribution in [-0.4, -0.2) is 13.8 Å². The van der Waals surface area contributed by atoms with Crippen LogP contribution in [0.3, 0.4) is 0 Å². The van der Waals surface area contributed by atoms with Gasteiger partial charge in [0, 0.05) is 10.5 Å². The van der Waals surface area contributed by atoms with Crippen LogP contribution in [0, 0.1) is 11.5 Å². The van der Waals surface area contributed by atoms with Gasteiger partial charge in [-0.05, 0) is 54.2 Å². The van der Waals surface area contributed by atoms with Crippen LogP contribution in [0.1, 0.15) is 44.2 Å². The second kappa shape index (κ2) is 5.99. The van der Waals surface area contributed by atoms with Crippen molar-refractivity contribution < 1.29 is 0 Å². The summed E-state index contributed by atoms with van der Waals surface area (Å²) in [7, 11) is -1.29. The number of rotatable bonds is 2. The second-order valence-electron chi connectivity index (χ2n) is 6.80. The molecule has 1 heterocycles. The van der Waals surface area contributed by atoms with Crippen LogP contribution in [0.15, 0.2) is 23.1 Å². The molecule has 0 saturated carbocycles. The van der Waals surface area contributed by atoms with Crippen LogP contribution in [-0.2, 0) is 5.41 Å². The smallest absolute Gasteiger partial charge is 0.127 e. The van der Waals surface area contributed by atoms with Gasteiger partial charge in [0.2, 0.25) is 0 Å². The van der Waals surface area contributed by atoms with E-state index in [0.717, 1.165) is 0 Å². The maximum Gasteiger partial charge on any atom is 0.129 e. The minimum Gasteiger partial charge on any atom is -0.127 e. The zero-order valence-electron chi connectivity index (χ0n) is 13.5. The fourth-order valence-electron chi connectivity index (χ4n) is 2.88. The molecular weight excluding hydrogens is 276 g/mol. The fraction of sp³-hybridized carbons (Fsp3) is 0.556. The molecule has 0 fully saturated rings. The molecule has 0 aliphatic carbocycles. The van der Waals surface area contributed by atoms with Crippen molar-refractivity contribution in [2.75, 3.05) is 5.75 Å². The van der Waals surface area contributed by atoms with Crippen LogP contribution in [0.4, 0.5) is 0 Å². The molecule has 2 heteroatoms. The molecule has 0 radical (unpaired) electrons. The lowest BCUT2D eigenvalue weighted by atomic mass is 9.73. The molecule has 1 aromatic rings. The third-order valence-corrected chi connectivity index (χ3v) is 6.27. The quantitative estimate of drug-likeness (QED) is 0.515. The van der Waals surface area contributed by atoms with Crippen molar-refractivity contribution in [3.8, 4) is 11.5 Å². The van der Waals surface area contributed by atoms with Gasteiger partial charge in [-0.25, -0.2) is 0 Å². The zero-order chi connectivity index (χ0) is 14.8. The van der Waals surface area contributed by atoms with E-state index in [2.05, 4.69) is 63.2 Å². The third kappa shape index (κ3) is 3.32. The molecule has 0 nitrogen and oxygen atoms in total. The Bertz CT molecular complexity index is 539.